The van der Waals surface area contributed by atoms with Crippen molar-refractivity contribution in [2.75, 3.05) is 40.9 Å². The fourth-order valence-electron chi connectivity index (χ4n) is 8.85. The van der Waals surface area contributed by atoms with Crippen molar-refractivity contribution in [2.24, 2.45) is 0 Å². The number of hydrogen-bond donors (Lipinski definition) is 2. The zero-order valence-corrected chi connectivity index (χ0v) is 48.6. The summed E-state index contributed by atoms with van der Waals surface area (Å²) >= 11 is 0. The van der Waals surface area contributed by atoms with E-state index in [2.05, 4.69) is 50.4 Å². The van der Waals surface area contributed by atoms with Crippen LogP contribution in [0.5, 0.6) is 0 Å². The number of amides is 1. The predicted octanol–water partition coefficient (Wildman–Crippen LogP) is 18.3. The Hall–Kier alpha value is -1.77. The Balaban J connectivity index is 5.26. The molecule has 0 bridgehead atoms. The number of carbonyl (C=O) groups excluding carboxylic acids is 2. The second kappa shape index (κ2) is 51.7. The number of phosphoric acid groups is 1. The molecule has 0 rings (SSSR count). The van der Waals surface area contributed by atoms with Gasteiger partial charge in [-0.05, 0) is 63.9 Å². The van der Waals surface area contributed by atoms with Crippen molar-refractivity contribution in [3.05, 3.63) is 36.5 Å². The van der Waals surface area contributed by atoms with Gasteiger partial charge in [0, 0.05) is 12.8 Å². The molecule has 3 atom stereocenters. The van der Waals surface area contributed by atoms with Crippen LogP contribution in [0.25, 0.3) is 0 Å². The zero-order chi connectivity index (χ0) is 52.2. The molecule has 0 spiro atoms. The highest BCUT2D eigenvalue weighted by Gasteiger charge is 2.30. The summed E-state index contributed by atoms with van der Waals surface area (Å²) in [5, 5.41) is 3.06. The zero-order valence-electron chi connectivity index (χ0n) is 47.7. The number of ether oxygens (including phenoxy) is 1. The van der Waals surface area contributed by atoms with Gasteiger partial charge in [0.1, 0.15) is 19.3 Å². The molecule has 2 N–H and O–H groups in total. The number of nitrogens with zero attached hydrogens (tertiary/aromatic N) is 1. The number of likely N-dealkylation sites (N-methyl/N-ethyl adjacent to an activating group) is 1. The SMILES string of the molecule is CCCCC/C=C\C/C=C\CCCCCCCCCCCC(=O)OC(/C=C/CCCCCCCCCCCC)C(COP(=O)(O)OCC[N+](C)(C)C)NC(=O)CCCCCCCCCCCCCCCC. The average Bonchev–Trinajstić information content (AvgIpc) is 3.33. The van der Waals surface area contributed by atoms with E-state index in [1.54, 1.807) is 0 Å². The summed E-state index contributed by atoms with van der Waals surface area (Å²) in [7, 11) is 1.50. The van der Waals surface area contributed by atoms with Crippen molar-refractivity contribution in [3.8, 4) is 0 Å². The number of allylic oxidation sites excluding steroid dienone is 5. The van der Waals surface area contributed by atoms with Crippen molar-refractivity contribution in [3.63, 3.8) is 0 Å². The summed E-state index contributed by atoms with van der Waals surface area (Å²) in [6.45, 7) is 7.01. The standard InChI is InChI=1S/C61H117N2O7P/c1-7-10-13-16-19-22-25-28-30-31-32-33-34-36-39-42-45-48-51-54-61(65)70-59(52-49-46-43-40-37-27-24-21-18-15-12-9-3)58(57-69-71(66,67)68-56-55-63(4,5)6)62-60(64)53-50-47-44-41-38-35-29-26-23-20-17-14-11-8-2/h19,22,28,30,49,52,58-59H,7-18,20-21,23-27,29,31-48,50-51,53-57H2,1-6H3,(H-,62,64,66,67)/p+1/b22-19-,30-28-,52-49+. The third-order valence-electron chi connectivity index (χ3n) is 13.6. The van der Waals surface area contributed by atoms with Gasteiger partial charge in [-0.25, -0.2) is 4.57 Å². The molecule has 0 saturated carbocycles. The molecule has 71 heavy (non-hydrogen) atoms. The molecule has 0 aromatic rings. The fraction of sp³-hybridized carbons (Fsp3) is 0.869. The smallest absolute Gasteiger partial charge is 0.456 e. The summed E-state index contributed by atoms with van der Waals surface area (Å²) in [6, 6.07) is -0.845. The van der Waals surface area contributed by atoms with Crippen LogP contribution < -0.4 is 5.32 Å². The molecule has 10 heteroatoms. The summed E-state index contributed by atoms with van der Waals surface area (Å²) in [6.07, 6.45) is 61.3. The van der Waals surface area contributed by atoms with Crippen LogP contribution in [-0.4, -0.2) is 74.3 Å². The van der Waals surface area contributed by atoms with E-state index >= 15 is 0 Å². The van der Waals surface area contributed by atoms with Crippen molar-refractivity contribution in [1.82, 2.24) is 5.32 Å². The molecule has 1 amide bonds. The molecule has 0 radical (unpaired) electrons. The second-order valence-corrected chi connectivity index (χ2v) is 23.3. The van der Waals surface area contributed by atoms with Crippen molar-refractivity contribution < 1.29 is 37.3 Å². The first-order valence-corrected chi connectivity index (χ1v) is 31.8. The number of esters is 1. The van der Waals surface area contributed by atoms with Crippen LogP contribution in [0.4, 0.5) is 0 Å². The molecule has 418 valence electrons. The molecular formula is C61H118N2O7P+. The lowest BCUT2D eigenvalue weighted by atomic mass is 10.0. The van der Waals surface area contributed by atoms with Gasteiger partial charge in [0.15, 0.2) is 0 Å². The van der Waals surface area contributed by atoms with Gasteiger partial charge in [0.25, 0.3) is 0 Å². The molecule has 0 heterocycles. The fourth-order valence-corrected chi connectivity index (χ4v) is 9.59. The first-order chi connectivity index (χ1) is 34.4. The number of nitrogens with one attached hydrogen (secondary N) is 1. The minimum Gasteiger partial charge on any atom is -0.456 e. The van der Waals surface area contributed by atoms with E-state index in [4.69, 9.17) is 13.8 Å². The van der Waals surface area contributed by atoms with Crippen LogP contribution in [0, 0.1) is 0 Å². The van der Waals surface area contributed by atoms with Gasteiger partial charge < -0.3 is 19.4 Å². The molecule has 0 aliphatic carbocycles. The highest BCUT2D eigenvalue weighted by molar-refractivity contribution is 7.47. The van der Waals surface area contributed by atoms with Crippen LogP contribution in [0.2, 0.25) is 0 Å². The first kappa shape index (κ1) is 69.2. The van der Waals surface area contributed by atoms with Crippen molar-refractivity contribution in [1.29, 1.82) is 0 Å². The van der Waals surface area contributed by atoms with E-state index < -0.39 is 20.0 Å². The van der Waals surface area contributed by atoms with E-state index in [0.717, 1.165) is 64.2 Å². The molecule has 0 aromatic carbocycles. The van der Waals surface area contributed by atoms with Gasteiger partial charge in [-0.1, -0.05) is 250 Å². The summed E-state index contributed by atoms with van der Waals surface area (Å²) in [5.74, 6) is -0.498. The minimum atomic E-state index is -4.44. The Morgan fingerprint density at radius 1 is 0.493 bits per heavy atom. The maximum atomic E-state index is 13.5. The third-order valence-corrected chi connectivity index (χ3v) is 14.6. The van der Waals surface area contributed by atoms with Gasteiger partial charge in [0.05, 0.1) is 33.8 Å². The Morgan fingerprint density at radius 3 is 1.30 bits per heavy atom. The highest BCUT2D eigenvalue weighted by atomic mass is 31.2. The van der Waals surface area contributed by atoms with Gasteiger partial charge >= 0.3 is 13.8 Å². The van der Waals surface area contributed by atoms with E-state index in [0.29, 0.717) is 17.4 Å². The molecule has 0 aliphatic heterocycles. The summed E-state index contributed by atoms with van der Waals surface area (Å²) in [4.78, 5) is 37.6. The number of hydrogen-bond acceptors (Lipinski definition) is 6. The molecule has 3 unspecified atom stereocenters. The number of phosphoric ester groups is 1. The van der Waals surface area contributed by atoms with Gasteiger partial charge in [-0.15, -0.1) is 0 Å². The monoisotopic (exact) mass is 1020 g/mol. The molecule has 0 saturated heterocycles. The maximum absolute atomic E-state index is 13.5. The Kier molecular flexibility index (Phi) is 50.4. The van der Waals surface area contributed by atoms with Gasteiger partial charge in [0.2, 0.25) is 5.91 Å². The van der Waals surface area contributed by atoms with Crippen LogP contribution in [0.15, 0.2) is 36.5 Å². The number of quaternary nitrogens is 1. The maximum Gasteiger partial charge on any atom is 0.472 e. The second-order valence-electron chi connectivity index (χ2n) is 21.9. The predicted molar refractivity (Wildman–Crippen MR) is 305 cm³/mol. The van der Waals surface area contributed by atoms with Crippen LogP contribution >= 0.6 is 7.82 Å². The van der Waals surface area contributed by atoms with Crippen molar-refractivity contribution >= 4 is 19.7 Å². The quantitative estimate of drug-likeness (QED) is 0.0205. The van der Waals surface area contributed by atoms with E-state index in [9.17, 15) is 19.0 Å². The summed E-state index contributed by atoms with van der Waals surface area (Å²) in [5.41, 5.74) is 0. The lowest BCUT2D eigenvalue weighted by molar-refractivity contribution is -0.870. The van der Waals surface area contributed by atoms with Crippen LogP contribution in [-0.2, 0) is 27.9 Å². The van der Waals surface area contributed by atoms with Gasteiger partial charge in [-0.2, -0.15) is 0 Å². The molecule has 0 aliphatic rings. The normalized spacial score (nSPS) is 14.0. The third kappa shape index (κ3) is 52.9. The van der Waals surface area contributed by atoms with Gasteiger partial charge in [-0.3, -0.25) is 18.6 Å². The van der Waals surface area contributed by atoms with Crippen LogP contribution in [0.3, 0.4) is 0 Å². The molecular weight excluding hydrogens is 904 g/mol. The average molecular weight is 1020 g/mol. The topological polar surface area (TPSA) is 111 Å². The number of unbranched alkanes of at least 4 members (excludes halogenated alkanes) is 35. The first-order valence-electron chi connectivity index (χ1n) is 30.3. The molecule has 9 nitrogen and oxygen atoms in total. The van der Waals surface area contributed by atoms with E-state index in [1.807, 2.05) is 33.3 Å². The lowest BCUT2D eigenvalue weighted by Gasteiger charge is -2.27. The molecule has 0 fully saturated rings. The summed E-state index contributed by atoms with van der Waals surface area (Å²) < 4.78 is 30.7. The molecule has 0 aromatic heterocycles. The Morgan fingerprint density at radius 2 is 0.859 bits per heavy atom. The van der Waals surface area contributed by atoms with E-state index in [1.165, 1.54) is 193 Å². The Bertz CT molecular complexity index is 1310. The van der Waals surface area contributed by atoms with Crippen molar-refractivity contribution in [2.45, 2.75) is 303 Å². The largest absolute Gasteiger partial charge is 0.472 e. The van der Waals surface area contributed by atoms with Crippen LogP contribution in [0.1, 0.15) is 290 Å². The minimum absolute atomic E-state index is 0.0418. The van der Waals surface area contributed by atoms with E-state index in [-0.39, 0.29) is 31.5 Å². The lowest BCUT2D eigenvalue weighted by Crippen LogP contribution is -2.47. The number of carbonyl (C=O) groups is 2. The Labute approximate surface area is 440 Å². The number of rotatable bonds is 55. The highest BCUT2D eigenvalue weighted by Crippen LogP contribution is 2.43.